The van der Waals surface area contributed by atoms with Gasteiger partial charge in [0, 0.05) is 5.56 Å². The van der Waals surface area contributed by atoms with Gasteiger partial charge < -0.3 is 10.1 Å². The summed E-state index contributed by atoms with van der Waals surface area (Å²) in [6, 6.07) is 6.73. The Balaban J connectivity index is 2.75. The second-order valence-corrected chi connectivity index (χ2v) is 5.06. The lowest BCUT2D eigenvalue weighted by molar-refractivity contribution is -0.0150. The van der Waals surface area contributed by atoms with Crippen molar-refractivity contribution in [2.45, 2.75) is 39.3 Å². The van der Waals surface area contributed by atoms with Crippen molar-refractivity contribution >= 4 is 0 Å². The molecule has 0 aliphatic carbocycles. The van der Waals surface area contributed by atoms with E-state index < -0.39 is 0 Å². The Morgan fingerprint density at radius 3 is 2.47 bits per heavy atom. The fraction of sp³-hybridized carbons (Fsp3) is 0.571. The Kier molecular flexibility index (Phi) is 5.09. The van der Waals surface area contributed by atoms with Crippen LogP contribution in [0.25, 0.3) is 0 Å². The molecule has 0 spiro atoms. The molecule has 3 heteroatoms. The summed E-state index contributed by atoms with van der Waals surface area (Å²) in [5.74, 6) is -0.184. The smallest absolute Gasteiger partial charge is 0.128 e. The summed E-state index contributed by atoms with van der Waals surface area (Å²) in [4.78, 5) is 0. The van der Waals surface area contributed by atoms with Crippen LogP contribution in [0.4, 0.5) is 4.39 Å². The van der Waals surface area contributed by atoms with Crippen LogP contribution < -0.4 is 5.32 Å². The molecule has 0 saturated heterocycles. The molecular weight excluding hydrogens is 217 g/mol. The quantitative estimate of drug-likeness (QED) is 0.851. The third-order valence-corrected chi connectivity index (χ3v) is 2.41. The molecule has 0 aromatic heterocycles. The van der Waals surface area contributed by atoms with Gasteiger partial charge >= 0.3 is 0 Å². The number of ether oxygens (including phenoxy) is 1. The number of likely N-dealkylation sites (N-methyl/N-ethyl adjacent to an activating group) is 1. The maximum Gasteiger partial charge on any atom is 0.128 e. The van der Waals surface area contributed by atoms with Crippen molar-refractivity contribution in [2.24, 2.45) is 0 Å². The van der Waals surface area contributed by atoms with Crippen molar-refractivity contribution in [1.82, 2.24) is 5.32 Å². The number of hydrogen-bond acceptors (Lipinski definition) is 2. The predicted octanol–water partition coefficient (Wildman–Crippen LogP) is 3.29. The number of halogens is 1. The summed E-state index contributed by atoms with van der Waals surface area (Å²) >= 11 is 0. The van der Waals surface area contributed by atoms with Crippen molar-refractivity contribution < 1.29 is 9.13 Å². The van der Waals surface area contributed by atoms with Crippen molar-refractivity contribution in [1.29, 1.82) is 0 Å². The predicted molar refractivity (Wildman–Crippen MR) is 68.5 cm³/mol. The minimum atomic E-state index is -0.209. The van der Waals surface area contributed by atoms with Gasteiger partial charge in [0.15, 0.2) is 0 Å². The highest BCUT2D eigenvalue weighted by Crippen LogP contribution is 2.19. The summed E-state index contributed by atoms with van der Waals surface area (Å²) in [6.45, 7) is 9.25. The van der Waals surface area contributed by atoms with E-state index in [1.54, 1.807) is 12.1 Å². The maximum absolute atomic E-state index is 13.7. The largest absolute Gasteiger partial charge is 0.374 e. The van der Waals surface area contributed by atoms with Crippen molar-refractivity contribution in [3.8, 4) is 0 Å². The molecule has 0 heterocycles. The molecule has 0 radical (unpaired) electrons. The molecule has 1 atom stereocenters. The van der Waals surface area contributed by atoms with E-state index in [1.807, 2.05) is 33.8 Å². The Hall–Kier alpha value is -0.930. The number of rotatable bonds is 5. The minimum absolute atomic E-state index is 0.0968. The second kappa shape index (κ2) is 6.12. The third kappa shape index (κ3) is 4.84. The molecule has 0 fully saturated rings. The average Bonchev–Trinajstić information content (AvgIpc) is 2.24. The van der Waals surface area contributed by atoms with Crippen LogP contribution in [0.1, 0.15) is 39.3 Å². The highest BCUT2D eigenvalue weighted by Gasteiger charge is 2.18. The standard InChI is InChI=1S/C14H22FNO/c1-5-16-13(10-17-14(2,3)4)11-8-6-7-9-12(11)15/h6-9,13,16H,5,10H2,1-4H3. The minimum Gasteiger partial charge on any atom is -0.374 e. The summed E-state index contributed by atoms with van der Waals surface area (Å²) in [5.41, 5.74) is 0.456. The lowest BCUT2D eigenvalue weighted by atomic mass is 10.1. The molecular formula is C14H22FNO. The van der Waals surface area contributed by atoms with Crippen molar-refractivity contribution in [3.63, 3.8) is 0 Å². The lowest BCUT2D eigenvalue weighted by Crippen LogP contribution is -2.30. The van der Waals surface area contributed by atoms with Crippen LogP contribution in [-0.2, 0) is 4.74 Å². The zero-order valence-corrected chi connectivity index (χ0v) is 11.1. The van der Waals surface area contributed by atoms with Gasteiger partial charge in [-0.1, -0.05) is 25.1 Å². The Morgan fingerprint density at radius 2 is 1.94 bits per heavy atom. The molecule has 0 bridgehead atoms. The van der Waals surface area contributed by atoms with Crippen LogP contribution in [-0.4, -0.2) is 18.8 Å². The molecule has 1 rings (SSSR count). The first-order chi connectivity index (χ1) is 7.94. The van der Waals surface area contributed by atoms with Gasteiger partial charge in [-0.3, -0.25) is 0 Å². The molecule has 1 aromatic carbocycles. The maximum atomic E-state index is 13.7. The van der Waals surface area contributed by atoms with E-state index in [0.29, 0.717) is 12.2 Å². The molecule has 1 unspecified atom stereocenters. The normalized spacial score (nSPS) is 13.7. The topological polar surface area (TPSA) is 21.3 Å². The van der Waals surface area contributed by atoms with E-state index in [1.165, 1.54) is 6.07 Å². The first kappa shape index (κ1) is 14.1. The number of hydrogen-bond donors (Lipinski definition) is 1. The van der Waals surface area contributed by atoms with Crippen LogP contribution >= 0.6 is 0 Å². The van der Waals surface area contributed by atoms with Gasteiger partial charge in [-0.15, -0.1) is 0 Å². The Morgan fingerprint density at radius 1 is 1.29 bits per heavy atom. The summed E-state index contributed by atoms with van der Waals surface area (Å²) in [5, 5.41) is 3.25. The van der Waals surface area contributed by atoms with Crippen LogP contribution in [0.3, 0.4) is 0 Å². The average molecular weight is 239 g/mol. The molecule has 1 N–H and O–H groups in total. The van der Waals surface area contributed by atoms with Crippen LogP contribution in [0.15, 0.2) is 24.3 Å². The molecule has 17 heavy (non-hydrogen) atoms. The fourth-order valence-corrected chi connectivity index (χ4v) is 1.60. The van der Waals surface area contributed by atoms with Crippen molar-refractivity contribution in [2.75, 3.05) is 13.2 Å². The number of benzene rings is 1. The molecule has 2 nitrogen and oxygen atoms in total. The highest BCUT2D eigenvalue weighted by atomic mass is 19.1. The molecule has 0 amide bonds. The molecule has 1 aromatic rings. The van der Waals surface area contributed by atoms with Crippen LogP contribution in [0.5, 0.6) is 0 Å². The summed E-state index contributed by atoms with van der Waals surface area (Å²) in [6.07, 6.45) is 0. The third-order valence-electron chi connectivity index (χ3n) is 2.41. The van der Waals surface area contributed by atoms with Gasteiger partial charge in [-0.25, -0.2) is 4.39 Å². The van der Waals surface area contributed by atoms with E-state index >= 15 is 0 Å². The van der Waals surface area contributed by atoms with Gasteiger partial charge in [0.25, 0.3) is 0 Å². The Labute approximate surface area is 103 Å². The van der Waals surface area contributed by atoms with E-state index in [-0.39, 0.29) is 17.5 Å². The monoisotopic (exact) mass is 239 g/mol. The Bertz CT molecular complexity index is 346. The number of nitrogens with one attached hydrogen (secondary N) is 1. The van der Waals surface area contributed by atoms with Gasteiger partial charge in [0.1, 0.15) is 5.82 Å². The van der Waals surface area contributed by atoms with Gasteiger partial charge in [0.05, 0.1) is 18.2 Å². The van der Waals surface area contributed by atoms with E-state index in [0.717, 1.165) is 6.54 Å². The summed E-state index contributed by atoms with van der Waals surface area (Å²) < 4.78 is 19.4. The zero-order chi connectivity index (χ0) is 12.9. The van der Waals surface area contributed by atoms with E-state index in [2.05, 4.69) is 5.32 Å². The van der Waals surface area contributed by atoms with E-state index in [4.69, 9.17) is 4.74 Å². The second-order valence-electron chi connectivity index (χ2n) is 5.06. The van der Waals surface area contributed by atoms with Crippen LogP contribution in [0, 0.1) is 5.82 Å². The van der Waals surface area contributed by atoms with Gasteiger partial charge in [0.2, 0.25) is 0 Å². The first-order valence-corrected chi connectivity index (χ1v) is 6.06. The molecule has 0 saturated carbocycles. The summed E-state index contributed by atoms with van der Waals surface area (Å²) in [7, 11) is 0. The first-order valence-electron chi connectivity index (χ1n) is 6.06. The van der Waals surface area contributed by atoms with Gasteiger partial charge in [-0.2, -0.15) is 0 Å². The zero-order valence-electron chi connectivity index (χ0n) is 11.1. The lowest BCUT2D eigenvalue weighted by Gasteiger charge is -2.25. The van der Waals surface area contributed by atoms with Crippen molar-refractivity contribution in [3.05, 3.63) is 35.6 Å². The molecule has 0 aliphatic heterocycles. The SMILES string of the molecule is CCNC(COC(C)(C)C)c1ccccc1F. The molecule has 96 valence electrons. The highest BCUT2D eigenvalue weighted by molar-refractivity contribution is 5.21. The van der Waals surface area contributed by atoms with Crippen LogP contribution in [0.2, 0.25) is 0 Å². The molecule has 0 aliphatic rings. The fourth-order valence-electron chi connectivity index (χ4n) is 1.60. The van der Waals surface area contributed by atoms with Gasteiger partial charge in [-0.05, 0) is 33.4 Å². The van der Waals surface area contributed by atoms with E-state index in [9.17, 15) is 4.39 Å².